The first-order valence-electron chi connectivity index (χ1n) is 4.88. The van der Waals surface area contributed by atoms with E-state index in [1.807, 2.05) is 10.6 Å². The monoisotopic (exact) mass is 245 g/mol. The number of hydrogen-bond donors (Lipinski definition) is 0. The van der Waals surface area contributed by atoms with Crippen molar-refractivity contribution < 1.29 is 4.79 Å². The molecule has 0 saturated heterocycles. The van der Waals surface area contributed by atoms with Crippen molar-refractivity contribution in [2.24, 2.45) is 0 Å². The van der Waals surface area contributed by atoms with Crippen LogP contribution in [-0.2, 0) is 6.54 Å². The molecule has 0 amide bonds. The highest BCUT2D eigenvalue weighted by atomic mass is 35.5. The molecule has 5 heteroatoms. The molecule has 0 bridgehead atoms. The number of benzene rings is 1. The summed E-state index contributed by atoms with van der Waals surface area (Å²) in [5.74, 6) is 0. The maximum absolute atomic E-state index is 11.1. The first kappa shape index (κ1) is 11.4. The smallest absolute Gasteiger partial charge is 0.252 e. The van der Waals surface area contributed by atoms with E-state index in [9.17, 15) is 4.79 Å². The van der Waals surface area contributed by atoms with E-state index in [4.69, 9.17) is 16.9 Å². The normalized spacial score (nSPS) is 9.88. The molecule has 0 fully saturated rings. The molecule has 1 heterocycles. The van der Waals surface area contributed by atoms with Crippen molar-refractivity contribution in [3.8, 4) is 6.07 Å². The number of nitriles is 1. The van der Waals surface area contributed by atoms with Crippen LogP contribution in [0.3, 0.4) is 0 Å². The van der Waals surface area contributed by atoms with Gasteiger partial charge in [-0.25, -0.2) is 4.98 Å². The van der Waals surface area contributed by atoms with Crippen LogP contribution in [0, 0.1) is 11.3 Å². The number of aromatic nitrogens is 2. The van der Waals surface area contributed by atoms with Crippen LogP contribution in [0.5, 0.6) is 0 Å². The van der Waals surface area contributed by atoms with Gasteiger partial charge in [-0.15, -0.1) is 0 Å². The molecule has 0 atom stereocenters. The third kappa shape index (κ3) is 2.71. The molecule has 84 valence electrons. The van der Waals surface area contributed by atoms with E-state index in [1.165, 1.54) is 6.07 Å². The quantitative estimate of drug-likeness (QED) is 0.779. The van der Waals surface area contributed by atoms with E-state index in [2.05, 4.69) is 4.98 Å². The molecule has 0 aliphatic rings. The Balaban J connectivity index is 2.37. The van der Waals surface area contributed by atoms with Crippen molar-refractivity contribution in [1.29, 1.82) is 5.26 Å². The molecule has 0 aliphatic heterocycles. The van der Waals surface area contributed by atoms with Gasteiger partial charge in [0.2, 0.25) is 0 Å². The Morgan fingerprint density at radius 1 is 1.47 bits per heavy atom. The van der Waals surface area contributed by atoms with Crippen LogP contribution in [0.15, 0.2) is 36.9 Å². The molecule has 4 nitrogen and oxygen atoms in total. The second-order valence-corrected chi connectivity index (χ2v) is 3.88. The topological polar surface area (TPSA) is 58.7 Å². The fraction of sp³-hybridized carbons (Fsp3) is 0.0833. The molecule has 0 aliphatic carbocycles. The Morgan fingerprint density at radius 2 is 2.29 bits per heavy atom. The van der Waals surface area contributed by atoms with E-state index in [1.54, 1.807) is 30.9 Å². The number of halogens is 1. The van der Waals surface area contributed by atoms with Gasteiger partial charge in [0, 0.05) is 24.5 Å². The summed E-state index contributed by atoms with van der Waals surface area (Å²) >= 11 is 5.42. The zero-order valence-corrected chi connectivity index (χ0v) is 9.55. The van der Waals surface area contributed by atoms with Crippen molar-refractivity contribution in [2.75, 3.05) is 0 Å². The predicted molar refractivity (Wildman–Crippen MR) is 62.7 cm³/mol. The molecule has 1 aromatic carbocycles. The Bertz CT molecular complexity index is 584. The number of rotatable bonds is 3. The van der Waals surface area contributed by atoms with Crippen molar-refractivity contribution in [1.82, 2.24) is 9.55 Å². The lowest BCUT2D eigenvalue weighted by Gasteiger charge is -2.04. The minimum Gasteiger partial charge on any atom is -0.333 e. The molecule has 0 saturated carbocycles. The number of nitrogens with zero attached hydrogens (tertiary/aromatic N) is 3. The summed E-state index contributed by atoms with van der Waals surface area (Å²) in [7, 11) is 0. The first-order valence-corrected chi connectivity index (χ1v) is 5.26. The van der Waals surface area contributed by atoms with Crippen LogP contribution < -0.4 is 0 Å². The number of carbonyl (C=O) groups excluding carboxylic acids is 1. The van der Waals surface area contributed by atoms with E-state index >= 15 is 0 Å². The third-order valence-corrected chi connectivity index (χ3v) is 2.49. The molecule has 1 aromatic heterocycles. The number of imidazole rings is 1. The van der Waals surface area contributed by atoms with Gasteiger partial charge in [0.05, 0.1) is 18.0 Å². The molecular weight excluding hydrogens is 238 g/mol. The fourth-order valence-electron chi connectivity index (χ4n) is 1.55. The molecule has 0 unspecified atom stereocenters. The summed E-state index contributed by atoms with van der Waals surface area (Å²) in [4.78, 5) is 15.0. The Labute approximate surface area is 103 Å². The molecule has 2 rings (SSSR count). The summed E-state index contributed by atoms with van der Waals surface area (Å²) in [5, 5.41) is 8.31. The van der Waals surface area contributed by atoms with Gasteiger partial charge in [-0.3, -0.25) is 4.79 Å². The average molecular weight is 246 g/mol. The van der Waals surface area contributed by atoms with Gasteiger partial charge in [0.25, 0.3) is 5.24 Å². The summed E-state index contributed by atoms with van der Waals surface area (Å²) in [6.07, 6.45) is 5.14. The maximum atomic E-state index is 11.1. The summed E-state index contributed by atoms with van der Waals surface area (Å²) in [6, 6.07) is 6.89. The second-order valence-electron chi connectivity index (χ2n) is 3.54. The van der Waals surface area contributed by atoms with Crippen molar-refractivity contribution in [2.45, 2.75) is 6.54 Å². The average Bonchev–Trinajstić information content (AvgIpc) is 2.81. The van der Waals surface area contributed by atoms with Gasteiger partial charge < -0.3 is 4.57 Å². The zero-order valence-electron chi connectivity index (χ0n) is 8.80. The number of carbonyl (C=O) groups is 1. The Hall–Kier alpha value is -2.12. The highest BCUT2D eigenvalue weighted by Crippen LogP contribution is 2.13. The van der Waals surface area contributed by atoms with Crippen LogP contribution in [0.4, 0.5) is 0 Å². The van der Waals surface area contributed by atoms with E-state index in [-0.39, 0.29) is 0 Å². The van der Waals surface area contributed by atoms with E-state index in [0.29, 0.717) is 17.7 Å². The van der Waals surface area contributed by atoms with Crippen LogP contribution in [-0.4, -0.2) is 14.8 Å². The second kappa shape index (κ2) is 4.81. The number of hydrogen-bond acceptors (Lipinski definition) is 3. The van der Waals surface area contributed by atoms with E-state index < -0.39 is 5.24 Å². The summed E-state index contributed by atoms with van der Waals surface area (Å²) in [6.45, 7) is 0.548. The standard InChI is InChI=1S/C12H8ClN3O/c13-12(17)11-4-9(6-14)3-10(5-11)7-16-2-1-15-8-16/h1-5,8H,7H2. The fourth-order valence-corrected chi connectivity index (χ4v) is 1.66. The van der Waals surface area contributed by atoms with E-state index in [0.717, 1.165) is 5.56 Å². The highest BCUT2D eigenvalue weighted by Gasteiger charge is 2.06. The van der Waals surface area contributed by atoms with Crippen LogP contribution >= 0.6 is 11.6 Å². The van der Waals surface area contributed by atoms with Crippen LogP contribution in [0.25, 0.3) is 0 Å². The molecule has 17 heavy (non-hydrogen) atoms. The predicted octanol–water partition coefficient (Wildman–Crippen LogP) is 2.18. The van der Waals surface area contributed by atoms with Crippen molar-refractivity contribution in [3.05, 3.63) is 53.6 Å². The lowest BCUT2D eigenvalue weighted by Crippen LogP contribution is -2.00. The van der Waals surface area contributed by atoms with Gasteiger partial charge in [-0.05, 0) is 35.4 Å². The molecule has 0 N–H and O–H groups in total. The third-order valence-electron chi connectivity index (χ3n) is 2.27. The molecule has 0 radical (unpaired) electrons. The van der Waals surface area contributed by atoms with Crippen molar-refractivity contribution in [3.63, 3.8) is 0 Å². The van der Waals surface area contributed by atoms with Gasteiger partial charge in [0.15, 0.2) is 0 Å². The molecule has 0 spiro atoms. The largest absolute Gasteiger partial charge is 0.333 e. The molecule has 2 aromatic rings. The lowest BCUT2D eigenvalue weighted by atomic mass is 10.1. The SMILES string of the molecule is N#Cc1cc(Cn2ccnc2)cc(C(=O)Cl)c1. The Kier molecular flexibility index (Phi) is 3.22. The van der Waals surface area contributed by atoms with Gasteiger partial charge >= 0.3 is 0 Å². The van der Waals surface area contributed by atoms with Crippen molar-refractivity contribution >= 4 is 16.8 Å². The minimum absolute atomic E-state index is 0.334. The first-order chi connectivity index (χ1) is 8.19. The van der Waals surface area contributed by atoms with Crippen LogP contribution in [0.2, 0.25) is 0 Å². The molecular formula is C12H8ClN3O. The van der Waals surface area contributed by atoms with Gasteiger partial charge in [-0.1, -0.05) is 0 Å². The summed E-state index contributed by atoms with van der Waals surface area (Å²) < 4.78 is 1.85. The maximum Gasteiger partial charge on any atom is 0.252 e. The van der Waals surface area contributed by atoms with Gasteiger partial charge in [-0.2, -0.15) is 5.26 Å². The summed E-state index contributed by atoms with van der Waals surface area (Å²) in [5.41, 5.74) is 1.60. The zero-order chi connectivity index (χ0) is 12.3. The Morgan fingerprint density at radius 3 is 2.88 bits per heavy atom. The minimum atomic E-state index is -0.561. The highest BCUT2D eigenvalue weighted by molar-refractivity contribution is 6.67. The van der Waals surface area contributed by atoms with Gasteiger partial charge in [0.1, 0.15) is 0 Å². The van der Waals surface area contributed by atoms with Crippen LogP contribution in [0.1, 0.15) is 21.5 Å². The lowest BCUT2D eigenvalue weighted by molar-refractivity contribution is 0.108.